The molecule has 0 aliphatic carbocycles. The van der Waals surface area contributed by atoms with E-state index in [0.717, 1.165) is 37.1 Å². The number of hydrogen-bond donors (Lipinski definition) is 1. The van der Waals surface area contributed by atoms with Crippen LogP contribution in [0.25, 0.3) is 0 Å². The Morgan fingerprint density at radius 1 is 1.41 bits per heavy atom. The van der Waals surface area contributed by atoms with Crippen molar-refractivity contribution in [3.05, 3.63) is 44.9 Å². The number of aryl methyl sites for hydroxylation is 2. The molecule has 0 amide bonds. The molecule has 0 saturated carbocycles. The predicted octanol–water partition coefficient (Wildman–Crippen LogP) is 3.71. The van der Waals surface area contributed by atoms with Crippen molar-refractivity contribution in [3.63, 3.8) is 0 Å². The SMILES string of the molecule is CCc1nc2n(c1Cc1cc(Br)c(O)c(C#N)c1)CCCC2. The molecular formula is C17H18BrN3O. The smallest absolute Gasteiger partial charge is 0.147 e. The number of nitrogens with zero attached hydrogens (tertiary/aromatic N) is 3. The maximum atomic E-state index is 9.85. The average Bonchev–Trinajstić information content (AvgIpc) is 2.88. The highest BCUT2D eigenvalue weighted by atomic mass is 79.9. The Morgan fingerprint density at radius 3 is 2.95 bits per heavy atom. The van der Waals surface area contributed by atoms with Gasteiger partial charge in [-0.1, -0.05) is 6.92 Å². The van der Waals surface area contributed by atoms with Crippen LogP contribution in [0.2, 0.25) is 0 Å². The van der Waals surface area contributed by atoms with E-state index < -0.39 is 0 Å². The van der Waals surface area contributed by atoms with Gasteiger partial charge in [0.2, 0.25) is 0 Å². The first-order valence-electron chi connectivity index (χ1n) is 7.62. The zero-order valence-electron chi connectivity index (χ0n) is 12.6. The van der Waals surface area contributed by atoms with Crippen LogP contribution in [0.15, 0.2) is 16.6 Å². The van der Waals surface area contributed by atoms with Gasteiger partial charge in [-0.3, -0.25) is 0 Å². The van der Waals surface area contributed by atoms with E-state index in [4.69, 9.17) is 10.2 Å². The van der Waals surface area contributed by atoms with E-state index in [9.17, 15) is 5.11 Å². The Labute approximate surface area is 138 Å². The summed E-state index contributed by atoms with van der Waals surface area (Å²) in [5.74, 6) is 1.20. The molecule has 1 aliphatic rings. The van der Waals surface area contributed by atoms with Gasteiger partial charge in [0.1, 0.15) is 17.6 Å². The second-order valence-electron chi connectivity index (χ2n) is 5.65. The van der Waals surface area contributed by atoms with Crippen molar-refractivity contribution in [2.75, 3.05) is 0 Å². The molecule has 1 aromatic carbocycles. The summed E-state index contributed by atoms with van der Waals surface area (Å²) in [6.45, 7) is 3.16. The first kappa shape index (κ1) is 15.1. The number of phenolic OH excluding ortho intramolecular Hbond substituents is 1. The fourth-order valence-corrected chi connectivity index (χ4v) is 3.62. The Hall–Kier alpha value is -1.80. The number of aromatic nitrogens is 2. The zero-order valence-corrected chi connectivity index (χ0v) is 14.2. The second-order valence-corrected chi connectivity index (χ2v) is 6.50. The summed E-state index contributed by atoms with van der Waals surface area (Å²) in [5, 5.41) is 19.0. The lowest BCUT2D eigenvalue weighted by Gasteiger charge is -2.17. The highest BCUT2D eigenvalue weighted by Gasteiger charge is 2.19. The van der Waals surface area contributed by atoms with E-state index in [1.165, 1.54) is 24.4 Å². The minimum Gasteiger partial charge on any atom is -0.505 e. The number of halogens is 1. The molecule has 114 valence electrons. The normalized spacial score (nSPS) is 13.7. The Kier molecular flexibility index (Phi) is 4.21. The summed E-state index contributed by atoms with van der Waals surface area (Å²) >= 11 is 3.33. The van der Waals surface area contributed by atoms with Gasteiger partial charge in [0.15, 0.2) is 0 Å². The van der Waals surface area contributed by atoms with E-state index in [0.29, 0.717) is 10.0 Å². The van der Waals surface area contributed by atoms with Crippen molar-refractivity contribution < 1.29 is 5.11 Å². The van der Waals surface area contributed by atoms with Gasteiger partial charge >= 0.3 is 0 Å². The lowest BCUT2D eigenvalue weighted by Crippen LogP contribution is -2.13. The second kappa shape index (κ2) is 6.13. The quantitative estimate of drug-likeness (QED) is 0.908. The molecule has 2 heterocycles. The molecule has 0 unspecified atom stereocenters. The third kappa shape index (κ3) is 2.64. The molecular weight excluding hydrogens is 342 g/mol. The maximum absolute atomic E-state index is 9.85. The van der Waals surface area contributed by atoms with Gasteiger partial charge in [0, 0.05) is 25.1 Å². The van der Waals surface area contributed by atoms with Gasteiger partial charge in [-0.25, -0.2) is 4.98 Å². The predicted molar refractivity (Wildman–Crippen MR) is 87.9 cm³/mol. The lowest BCUT2D eigenvalue weighted by molar-refractivity contribution is 0.470. The van der Waals surface area contributed by atoms with Gasteiger partial charge in [0.25, 0.3) is 0 Å². The van der Waals surface area contributed by atoms with Crippen LogP contribution in [0.4, 0.5) is 0 Å². The first-order chi connectivity index (χ1) is 10.6. The summed E-state index contributed by atoms with van der Waals surface area (Å²) in [6.07, 6.45) is 5.12. The largest absolute Gasteiger partial charge is 0.505 e. The number of nitriles is 1. The van der Waals surface area contributed by atoms with E-state index in [1.807, 2.05) is 12.1 Å². The van der Waals surface area contributed by atoms with Crippen LogP contribution >= 0.6 is 15.9 Å². The standard InChI is InChI=1S/C17H18BrN3O/c1-2-14-15(21-6-4-3-5-16(21)20-14)9-11-7-12(10-19)17(22)13(18)8-11/h7-8,22H,2-6,9H2,1H3. The molecule has 22 heavy (non-hydrogen) atoms. The van der Waals surface area contributed by atoms with Crippen LogP contribution in [-0.2, 0) is 25.8 Å². The van der Waals surface area contributed by atoms with Crippen molar-refractivity contribution in [2.24, 2.45) is 0 Å². The van der Waals surface area contributed by atoms with Gasteiger partial charge < -0.3 is 9.67 Å². The van der Waals surface area contributed by atoms with Gasteiger partial charge in [-0.2, -0.15) is 5.26 Å². The lowest BCUT2D eigenvalue weighted by atomic mass is 10.0. The third-order valence-electron chi connectivity index (χ3n) is 4.22. The fraction of sp³-hybridized carbons (Fsp3) is 0.412. The molecule has 0 radical (unpaired) electrons. The summed E-state index contributed by atoms with van der Waals surface area (Å²) in [6, 6.07) is 5.70. The molecule has 0 fully saturated rings. The topological polar surface area (TPSA) is 61.8 Å². The van der Waals surface area contributed by atoms with E-state index in [2.05, 4.69) is 27.4 Å². The number of aromatic hydroxyl groups is 1. The highest BCUT2D eigenvalue weighted by molar-refractivity contribution is 9.10. The minimum atomic E-state index is 0.0114. The maximum Gasteiger partial charge on any atom is 0.147 e. The summed E-state index contributed by atoms with van der Waals surface area (Å²) in [7, 11) is 0. The number of phenols is 1. The number of imidazole rings is 1. The highest BCUT2D eigenvalue weighted by Crippen LogP contribution is 2.31. The molecule has 2 aromatic rings. The van der Waals surface area contributed by atoms with Crippen LogP contribution in [0, 0.1) is 11.3 Å². The minimum absolute atomic E-state index is 0.0114. The molecule has 0 saturated heterocycles. The summed E-state index contributed by atoms with van der Waals surface area (Å²) in [4.78, 5) is 4.78. The number of hydrogen-bond acceptors (Lipinski definition) is 3. The molecule has 0 bridgehead atoms. The number of rotatable bonds is 3. The summed E-state index contributed by atoms with van der Waals surface area (Å²) < 4.78 is 2.91. The van der Waals surface area contributed by atoms with Crippen molar-refractivity contribution in [3.8, 4) is 11.8 Å². The number of benzene rings is 1. The molecule has 4 nitrogen and oxygen atoms in total. The average molecular weight is 360 g/mol. The molecule has 0 spiro atoms. The van der Waals surface area contributed by atoms with Crippen molar-refractivity contribution in [2.45, 2.75) is 45.6 Å². The third-order valence-corrected chi connectivity index (χ3v) is 4.82. The Balaban J connectivity index is 2.02. The monoisotopic (exact) mass is 359 g/mol. The van der Waals surface area contributed by atoms with E-state index in [-0.39, 0.29) is 5.75 Å². The molecule has 1 aromatic heterocycles. The van der Waals surface area contributed by atoms with Crippen LogP contribution < -0.4 is 0 Å². The zero-order chi connectivity index (χ0) is 15.7. The molecule has 0 atom stereocenters. The molecule has 1 N–H and O–H groups in total. The molecule has 1 aliphatic heterocycles. The van der Waals surface area contributed by atoms with Crippen LogP contribution in [0.1, 0.15) is 48.1 Å². The number of fused-ring (bicyclic) bond motifs is 1. The van der Waals surface area contributed by atoms with E-state index in [1.54, 1.807) is 6.07 Å². The van der Waals surface area contributed by atoms with Gasteiger partial charge in [-0.15, -0.1) is 0 Å². The van der Waals surface area contributed by atoms with Crippen molar-refractivity contribution >= 4 is 15.9 Å². The van der Waals surface area contributed by atoms with Crippen molar-refractivity contribution in [1.82, 2.24) is 9.55 Å². The van der Waals surface area contributed by atoms with Crippen LogP contribution in [0.5, 0.6) is 5.75 Å². The van der Waals surface area contributed by atoms with Crippen LogP contribution in [-0.4, -0.2) is 14.7 Å². The Bertz CT molecular complexity index is 758. The van der Waals surface area contributed by atoms with Gasteiger partial charge in [0.05, 0.1) is 15.7 Å². The molecule has 3 rings (SSSR count). The molecule has 5 heteroatoms. The summed E-state index contributed by atoms with van der Waals surface area (Å²) in [5.41, 5.74) is 3.73. The fourth-order valence-electron chi connectivity index (χ4n) is 3.12. The van der Waals surface area contributed by atoms with Crippen molar-refractivity contribution in [1.29, 1.82) is 5.26 Å². The van der Waals surface area contributed by atoms with E-state index >= 15 is 0 Å². The van der Waals surface area contributed by atoms with Gasteiger partial charge in [-0.05, 0) is 52.9 Å². The first-order valence-corrected chi connectivity index (χ1v) is 8.42. The van der Waals surface area contributed by atoms with Crippen LogP contribution in [0.3, 0.4) is 0 Å². The Morgan fingerprint density at radius 2 is 2.23 bits per heavy atom.